The van der Waals surface area contributed by atoms with Crippen molar-refractivity contribution in [2.75, 3.05) is 33.5 Å². The van der Waals surface area contributed by atoms with Crippen LogP contribution < -0.4 is 10.6 Å². The Kier molecular flexibility index (Phi) is 8.29. The third kappa shape index (κ3) is 5.88. The van der Waals surface area contributed by atoms with Gasteiger partial charge in [0.2, 0.25) is 0 Å². The molecule has 0 aliphatic carbocycles. The van der Waals surface area contributed by atoms with E-state index in [9.17, 15) is 19.2 Å². The summed E-state index contributed by atoms with van der Waals surface area (Å²) in [6.07, 6.45) is 0. The van der Waals surface area contributed by atoms with Crippen molar-refractivity contribution in [3.8, 4) is 0 Å². The SMILES string of the molecule is CCOC(=O)c1[nH]c(C)c(C(=O)OCC(=O)NC(=O)NCCOC)c1C. The normalized spacial score (nSPS) is 10.2. The molecular formula is C16H23N3O7. The Balaban J connectivity index is 2.62. The third-order valence-corrected chi connectivity index (χ3v) is 3.30. The lowest BCUT2D eigenvalue weighted by Crippen LogP contribution is -2.42. The van der Waals surface area contributed by atoms with Gasteiger partial charge in [-0.2, -0.15) is 0 Å². The number of carbonyl (C=O) groups excluding carboxylic acids is 4. The first-order valence-corrected chi connectivity index (χ1v) is 7.91. The van der Waals surface area contributed by atoms with Crippen LogP contribution in [-0.4, -0.2) is 62.3 Å². The minimum absolute atomic E-state index is 0.144. The summed E-state index contributed by atoms with van der Waals surface area (Å²) < 4.78 is 14.6. The third-order valence-electron chi connectivity index (χ3n) is 3.30. The van der Waals surface area contributed by atoms with E-state index in [1.165, 1.54) is 7.11 Å². The van der Waals surface area contributed by atoms with Crippen LogP contribution in [0, 0.1) is 13.8 Å². The molecule has 0 aromatic carbocycles. The van der Waals surface area contributed by atoms with Gasteiger partial charge in [-0.25, -0.2) is 14.4 Å². The van der Waals surface area contributed by atoms with Gasteiger partial charge in [0.05, 0.1) is 18.8 Å². The summed E-state index contributed by atoms with van der Waals surface area (Å²) in [7, 11) is 1.47. The van der Waals surface area contributed by atoms with Gasteiger partial charge in [-0.05, 0) is 26.3 Å². The van der Waals surface area contributed by atoms with Gasteiger partial charge >= 0.3 is 18.0 Å². The number of imide groups is 1. The summed E-state index contributed by atoms with van der Waals surface area (Å²) >= 11 is 0. The molecule has 1 aromatic heterocycles. The van der Waals surface area contributed by atoms with E-state index in [4.69, 9.17) is 14.2 Å². The van der Waals surface area contributed by atoms with Crippen molar-refractivity contribution in [2.45, 2.75) is 20.8 Å². The van der Waals surface area contributed by atoms with Crippen LogP contribution in [0.2, 0.25) is 0 Å². The van der Waals surface area contributed by atoms with Crippen molar-refractivity contribution in [1.82, 2.24) is 15.6 Å². The number of hydrogen-bond donors (Lipinski definition) is 3. The van der Waals surface area contributed by atoms with E-state index in [0.29, 0.717) is 17.9 Å². The van der Waals surface area contributed by atoms with Crippen LogP contribution in [0.1, 0.15) is 39.0 Å². The highest BCUT2D eigenvalue weighted by atomic mass is 16.5. The van der Waals surface area contributed by atoms with Crippen LogP contribution in [0.4, 0.5) is 4.79 Å². The first kappa shape index (κ1) is 21.2. The maximum atomic E-state index is 12.2. The van der Waals surface area contributed by atoms with Gasteiger partial charge in [-0.1, -0.05) is 0 Å². The number of hydrogen-bond acceptors (Lipinski definition) is 7. The maximum Gasteiger partial charge on any atom is 0.355 e. The number of aromatic amines is 1. The number of aryl methyl sites for hydroxylation is 1. The largest absolute Gasteiger partial charge is 0.461 e. The first-order valence-electron chi connectivity index (χ1n) is 7.91. The Morgan fingerprint density at radius 3 is 2.38 bits per heavy atom. The number of carbonyl (C=O) groups is 4. The van der Waals surface area contributed by atoms with Gasteiger partial charge in [0.15, 0.2) is 6.61 Å². The highest BCUT2D eigenvalue weighted by molar-refractivity contribution is 6.00. The monoisotopic (exact) mass is 369 g/mol. The molecule has 1 heterocycles. The van der Waals surface area contributed by atoms with Crippen LogP contribution >= 0.6 is 0 Å². The average Bonchev–Trinajstić information content (AvgIpc) is 2.88. The van der Waals surface area contributed by atoms with Crippen LogP contribution in [0.25, 0.3) is 0 Å². The van der Waals surface area contributed by atoms with Crippen molar-refractivity contribution in [1.29, 1.82) is 0 Å². The number of rotatable bonds is 8. The summed E-state index contributed by atoms with van der Waals surface area (Å²) in [4.78, 5) is 49.8. The summed E-state index contributed by atoms with van der Waals surface area (Å²) in [5.74, 6) is -2.16. The van der Waals surface area contributed by atoms with E-state index in [1.807, 2.05) is 5.32 Å². The lowest BCUT2D eigenvalue weighted by Gasteiger charge is -2.07. The molecule has 10 nitrogen and oxygen atoms in total. The lowest BCUT2D eigenvalue weighted by atomic mass is 10.1. The summed E-state index contributed by atoms with van der Waals surface area (Å²) in [6, 6.07) is -0.721. The van der Waals surface area contributed by atoms with Gasteiger partial charge in [0.1, 0.15) is 5.69 Å². The molecule has 0 saturated carbocycles. The minimum atomic E-state index is -0.790. The van der Waals surface area contributed by atoms with E-state index in [1.54, 1.807) is 20.8 Å². The number of esters is 2. The molecule has 0 bridgehead atoms. The highest BCUT2D eigenvalue weighted by Gasteiger charge is 2.24. The van der Waals surface area contributed by atoms with Gasteiger partial charge in [-0.3, -0.25) is 10.1 Å². The van der Waals surface area contributed by atoms with E-state index in [0.717, 1.165) is 0 Å². The van der Waals surface area contributed by atoms with Gasteiger partial charge in [0.25, 0.3) is 5.91 Å². The molecule has 0 radical (unpaired) electrons. The fraction of sp³-hybridized carbons (Fsp3) is 0.500. The van der Waals surface area contributed by atoms with Crippen molar-refractivity contribution in [3.63, 3.8) is 0 Å². The molecule has 0 atom stereocenters. The number of urea groups is 1. The Labute approximate surface area is 150 Å². The van der Waals surface area contributed by atoms with Gasteiger partial charge in [0, 0.05) is 19.3 Å². The summed E-state index contributed by atoms with van der Waals surface area (Å²) in [5.41, 5.74) is 1.07. The molecular weight excluding hydrogens is 346 g/mol. The second kappa shape index (κ2) is 10.2. The Morgan fingerprint density at radius 1 is 1.08 bits per heavy atom. The average molecular weight is 369 g/mol. The minimum Gasteiger partial charge on any atom is -0.461 e. The zero-order valence-corrected chi connectivity index (χ0v) is 15.2. The number of amides is 3. The number of methoxy groups -OCH3 is 1. The van der Waals surface area contributed by atoms with Crippen LogP contribution in [-0.2, 0) is 19.0 Å². The van der Waals surface area contributed by atoms with Crippen LogP contribution in [0.5, 0.6) is 0 Å². The highest BCUT2D eigenvalue weighted by Crippen LogP contribution is 2.19. The van der Waals surface area contributed by atoms with E-state index in [2.05, 4.69) is 10.3 Å². The molecule has 0 saturated heterocycles. The fourth-order valence-corrected chi connectivity index (χ4v) is 2.14. The molecule has 0 fully saturated rings. The standard InChI is InChI=1S/C16H23N3O7/c1-5-25-15(22)13-9(2)12(10(3)18-13)14(21)26-8-11(20)19-16(23)17-6-7-24-4/h18H,5-8H2,1-4H3,(H2,17,19,20,23). The molecule has 0 unspecified atom stereocenters. The smallest absolute Gasteiger partial charge is 0.355 e. The first-order chi connectivity index (χ1) is 12.3. The quantitative estimate of drug-likeness (QED) is 0.447. The summed E-state index contributed by atoms with van der Waals surface area (Å²) in [5, 5.41) is 4.40. The molecule has 3 N–H and O–H groups in total. The van der Waals surface area contributed by atoms with E-state index < -0.39 is 30.5 Å². The molecule has 1 aromatic rings. The van der Waals surface area contributed by atoms with Gasteiger partial charge in [-0.15, -0.1) is 0 Å². The maximum absolute atomic E-state index is 12.2. The molecule has 0 aliphatic heterocycles. The zero-order chi connectivity index (χ0) is 19.7. The van der Waals surface area contributed by atoms with E-state index >= 15 is 0 Å². The fourth-order valence-electron chi connectivity index (χ4n) is 2.14. The molecule has 26 heavy (non-hydrogen) atoms. The predicted molar refractivity (Wildman–Crippen MR) is 89.9 cm³/mol. The summed E-state index contributed by atoms with van der Waals surface area (Å²) in [6.45, 7) is 4.91. The molecule has 144 valence electrons. The Bertz CT molecular complexity index is 682. The zero-order valence-electron chi connectivity index (χ0n) is 15.2. The number of aromatic nitrogens is 1. The number of H-pyrrole nitrogens is 1. The second-order valence-corrected chi connectivity index (χ2v) is 5.22. The Morgan fingerprint density at radius 2 is 1.77 bits per heavy atom. The van der Waals surface area contributed by atoms with E-state index in [-0.39, 0.29) is 24.4 Å². The number of ether oxygens (including phenoxy) is 3. The molecule has 1 rings (SSSR count). The van der Waals surface area contributed by atoms with Crippen molar-refractivity contribution < 1.29 is 33.4 Å². The van der Waals surface area contributed by atoms with Crippen molar-refractivity contribution >= 4 is 23.9 Å². The number of nitrogens with one attached hydrogen (secondary N) is 3. The second-order valence-electron chi connectivity index (χ2n) is 5.22. The molecule has 0 aliphatic rings. The molecule has 3 amide bonds. The predicted octanol–water partition coefficient (Wildman–Crippen LogP) is 0.437. The van der Waals surface area contributed by atoms with Crippen molar-refractivity contribution in [2.24, 2.45) is 0 Å². The lowest BCUT2D eigenvalue weighted by molar-refractivity contribution is -0.123. The topological polar surface area (TPSA) is 136 Å². The van der Waals surface area contributed by atoms with Crippen LogP contribution in [0.15, 0.2) is 0 Å². The Hall–Kier alpha value is -2.88. The van der Waals surface area contributed by atoms with Gasteiger partial charge < -0.3 is 24.5 Å². The van der Waals surface area contributed by atoms with Crippen molar-refractivity contribution in [3.05, 3.63) is 22.5 Å². The molecule has 10 heteroatoms. The molecule has 0 spiro atoms. The van der Waals surface area contributed by atoms with Crippen LogP contribution in [0.3, 0.4) is 0 Å².